The summed E-state index contributed by atoms with van der Waals surface area (Å²) in [5, 5.41) is 20.1. The molecule has 1 aliphatic carbocycles. The summed E-state index contributed by atoms with van der Waals surface area (Å²) in [7, 11) is 0. The molecule has 16 heavy (non-hydrogen) atoms. The van der Waals surface area contributed by atoms with E-state index in [4.69, 9.17) is 4.74 Å². The molecule has 0 aromatic carbocycles. The van der Waals surface area contributed by atoms with Gasteiger partial charge in [-0.05, 0) is 39.5 Å². The number of ether oxygens (including phenoxy) is 1. The van der Waals surface area contributed by atoms with E-state index in [-0.39, 0.29) is 18.3 Å². The fourth-order valence-electron chi connectivity index (χ4n) is 2.54. The van der Waals surface area contributed by atoms with E-state index in [0.717, 1.165) is 0 Å². The molecule has 0 bridgehead atoms. The number of carbonyl (C=O) groups excluding carboxylic acids is 1. The monoisotopic (exact) mass is 230 g/mol. The minimum absolute atomic E-state index is 0.119. The predicted molar refractivity (Wildman–Crippen MR) is 59.8 cm³/mol. The molecule has 0 aromatic heterocycles. The quantitative estimate of drug-likeness (QED) is 0.716. The third kappa shape index (κ3) is 3.46. The van der Waals surface area contributed by atoms with Crippen molar-refractivity contribution in [1.82, 2.24) is 0 Å². The lowest BCUT2D eigenvalue weighted by Crippen LogP contribution is -2.48. The largest absolute Gasteiger partial charge is 0.466 e. The van der Waals surface area contributed by atoms with Gasteiger partial charge in [0.25, 0.3) is 0 Å². The molecule has 1 rings (SSSR count). The fraction of sp³-hybridized carbons (Fsp3) is 0.917. The zero-order valence-corrected chi connectivity index (χ0v) is 10.3. The molecular formula is C12H22O4. The summed E-state index contributed by atoms with van der Waals surface area (Å²) in [6.07, 6.45) is 1.81. The first-order valence-corrected chi connectivity index (χ1v) is 5.87. The molecule has 0 unspecified atom stereocenters. The summed E-state index contributed by atoms with van der Waals surface area (Å²) in [4.78, 5) is 11.4. The van der Waals surface area contributed by atoms with Gasteiger partial charge in [0.2, 0.25) is 0 Å². The van der Waals surface area contributed by atoms with Crippen LogP contribution in [0.1, 0.15) is 46.5 Å². The van der Waals surface area contributed by atoms with E-state index in [1.165, 1.54) is 0 Å². The summed E-state index contributed by atoms with van der Waals surface area (Å²) in [6.45, 7) is 5.54. The topological polar surface area (TPSA) is 66.8 Å². The highest BCUT2D eigenvalue weighted by molar-refractivity contribution is 5.69. The summed E-state index contributed by atoms with van der Waals surface area (Å²) >= 11 is 0. The van der Waals surface area contributed by atoms with Crippen molar-refractivity contribution in [3.63, 3.8) is 0 Å². The van der Waals surface area contributed by atoms with E-state index in [1.807, 2.05) is 0 Å². The third-order valence-corrected chi connectivity index (χ3v) is 3.37. The van der Waals surface area contributed by atoms with Gasteiger partial charge < -0.3 is 14.9 Å². The molecule has 94 valence electrons. The van der Waals surface area contributed by atoms with E-state index in [1.54, 1.807) is 20.8 Å². The number of hydrogen-bond acceptors (Lipinski definition) is 4. The second-order valence-electron chi connectivity index (χ2n) is 5.28. The van der Waals surface area contributed by atoms with Crippen LogP contribution in [0.3, 0.4) is 0 Å². The Labute approximate surface area is 96.6 Å². The first kappa shape index (κ1) is 13.5. The van der Waals surface area contributed by atoms with Gasteiger partial charge in [0.1, 0.15) is 0 Å². The van der Waals surface area contributed by atoms with Crippen LogP contribution in [0.2, 0.25) is 0 Å². The lowest BCUT2D eigenvalue weighted by Gasteiger charge is -2.43. The second kappa shape index (κ2) is 4.72. The average Bonchev–Trinajstić information content (AvgIpc) is 2.08. The number of aliphatic hydroxyl groups is 2. The number of hydrogen-bond donors (Lipinski definition) is 2. The molecule has 1 aliphatic rings. The Morgan fingerprint density at radius 2 is 2.06 bits per heavy atom. The van der Waals surface area contributed by atoms with Gasteiger partial charge in [0.05, 0.1) is 24.2 Å². The van der Waals surface area contributed by atoms with Crippen molar-refractivity contribution in [2.75, 3.05) is 6.61 Å². The molecule has 0 heterocycles. The number of carbonyl (C=O) groups is 1. The first-order chi connectivity index (χ1) is 7.27. The maximum atomic E-state index is 11.4. The normalized spacial score (nSPS) is 39.4. The average molecular weight is 230 g/mol. The molecule has 4 heteroatoms. The van der Waals surface area contributed by atoms with Gasteiger partial charge in [0, 0.05) is 6.42 Å². The fourth-order valence-corrected chi connectivity index (χ4v) is 2.54. The summed E-state index contributed by atoms with van der Waals surface area (Å²) in [5.74, 6) is -0.388. The maximum Gasteiger partial charge on any atom is 0.306 e. The Balaban J connectivity index is 2.58. The first-order valence-electron chi connectivity index (χ1n) is 5.87. The summed E-state index contributed by atoms with van der Waals surface area (Å²) < 4.78 is 4.88. The van der Waals surface area contributed by atoms with Crippen molar-refractivity contribution >= 4 is 5.97 Å². The van der Waals surface area contributed by atoms with Crippen LogP contribution in [0.15, 0.2) is 0 Å². The second-order valence-corrected chi connectivity index (χ2v) is 5.28. The Morgan fingerprint density at radius 1 is 1.44 bits per heavy atom. The van der Waals surface area contributed by atoms with Crippen molar-refractivity contribution in [3.05, 3.63) is 0 Å². The van der Waals surface area contributed by atoms with E-state index < -0.39 is 11.2 Å². The van der Waals surface area contributed by atoms with Gasteiger partial charge >= 0.3 is 5.97 Å². The Morgan fingerprint density at radius 3 is 2.56 bits per heavy atom. The molecule has 0 spiro atoms. The minimum atomic E-state index is -0.992. The van der Waals surface area contributed by atoms with E-state index in [0.29, 0.717) is 25.9 Å². The van der Waals surface area contributed by atoms with Crippen LogP contribution in [0.5, 0.6) is 0 Å². The van der Waals surface area contributed by atoms with Crippen molar-refractivity contribution in [2.24, 2.45) is 5.92 Å². The predicted octanol–water partition coefficient (Wildman–Crippen LogP) is 1.24. The van der Waals surface area contributed by atoms with Gasteiger partial charge in [-0.3, -0.25) is 4.79 Å². The lowest BCUT2D eigenvalue weighted by molar-refractivity contribution is -0.154. The molecule has 1 fully saturated rings. The molecule has 2 N–H and O–H groups in total. The molecule has 0 aromatic rings. The Hall–Kier alpha value is -0.610. The van der Waals surface area contributed by atoms with Gasteiger partial charge in [-0.25, -0.2) is 0 Å². The third-order valence-electron chi connectivity index (χ3n) is 3.37. The Bertz CT molecular complexity index is 258. The van der Waals surface area contributed by atoms with Crippen molar-refractivity contribution in [3.8, 4) is 0 Å². The highest BCUT2D eigenvalue weighted by atomic mass is 16.5. The standard InChI is InChI=1S/C12H22O4/c1-4-16-10(13)7-9-5-6-11(2,14)8-12(9,3)15/h9,14-15H,4-8H2,1-3H3/t9-,11+,12+/m1/s1. The molecule has 0 aliphatic heterocycles. The van der Waals surface area contributed by atoms with Crippen LogP contribution in [0, 0.1) is 5.92 Å². The minimum Gasteiger partial charge on any atom is -0.466 e. The van der Waals surface area contributed by atoms with Gasteiger partial charge in [0.15, 0.2) is 0 Å². The zero-order chi connectivity index (χ0) is 12.4. The van der Waals surface area contributed by atoms with Crippen LogP contribution in [0.4, 0.5) is 0 Å². The molecule has 0 amide bonds. The number of esters is 1. The van der Waals surface area contributed by atoms with E-state index in [9.17, 15) is 15.0 Å². The van der Waals surface area contributed by atoms with Crippen molar-refractivity contribution < 1.29 is 19.7 Å². The summed E-state index contributed by atoms with van der Waals surface area (Å²) in [6, 6.07) is 0. The molecule has 1 saturated carbocycles. The molecule has 0 radical (unpaired) electrons. The van der Waals surface area contributed by atoms with Crippen LogP contribution in [-0.4, -0.2) is 34.0 Å². The van der Waals surface area contributed by atoms with Gasteiger partial charge in [-0.15, -0.1) is 0 Å². The number of rotatable bonds is 3. The van der Waals surface area contributed by atoms with Gasteiger partial charge in [-0.2, -0.15) is 0 Å². The Kier molecular flexibility index (Phi) is 3.97. The molecule has 3 atom stereocenters. The van der Waals surface area contributed by atoms with Crippen LogP contribution in [-0.2, 0) is 9.53 Å². The van der Waals surface area contributed by atoms with Crippen LogP contribution < -0.4 is 0 Å². The SMILES string of the molecule is CCOC(=O)C[C@H]1CC[C@](C)(O)C[C@]1(C)O. The van der Waals surface area contributed by atoms with E-state index >= 15 is 0 Å². The highest BCUT2D eigenvalue weighted by Crippen LogP contribution is 2.40. The molecular weight excluding hydrogens is 208 g/mol. The molecule has 0 saturated heterocycles. The van der Waals surface area contributed by atoms with Gasteiger partial charge in [-0.1, -0.05) is 0 Å². The smallest absolute Gasteiger partial charge is 0.306 e. The maximum absolute atomic E-state index is 11.4. The zero-order valence-electron chi connectivity index (χ0n) is 10.3. The van der Waals surface area contributed by atoms with Crippen molar-refractivity contribution in [1.29, 1.82) is 0 Å². The lowest BCUT2D eigenvalue weighted by atomic mass is 9.69. The van der Waals surface area contributed by atoms with Crippen LogP contribution in [0.25, 0.3) is 0 Å². The van der Waals surface area contributed by atoms with Crippen molar-refractivity contribution in [2.45, 2.75) is 57.7 Å². The summed E-state index contributed by atoms with van der Waals surface area (Å²) in [5.41, 5.74) is -1.82. The highest BCUT2D eigenvalue weighted by Gasteiger charge is 2.44. The van der Waals surface area contributed by atoms with E-state index in [2.05, 4.69) is 0 Å². The van der Waals surface area contributed by atoms with Crippen LogP contribution >= 0.6 is 0 Å². The molecule has 4 nitrogen and oxygen atoms in total.